The van der Waals surface area contributed by atoms with Gasteiger partial charge in [-0.2, -0.15) is 11.8 Å². The second-order valence-electron chi connectivity index (χ2n) is 3.60. The number of thioether (sulfide) groups is 1. The molecule has 1 saturated heterocycles. The lowest BCUT2D eigenvalue weighted by molar-refractivity contribution is 0.247. The average Bonchev–Trinajstić information content (AvgIpc) is 2.51. The number of nitrogens with one attached hydrogen (secondary N) is 2. The minimum absolute atomic E-state index is 0.0193. The molecule has 76 valence electrons. The van der Waals surface area contributed by atoms with E-state index < -0.39 is 0 Å². The Morgan fingerprint density at radius 2 is 2.46 bits per heavy atom. The van der Waals surface area contributed by atoms with Crippen molar-refractivity contribution >= 4 is 17.8 Å². The minimum atomic E-state index is -0.0193. The SMILES string of the molecule is CCC(C)CSCC1CNC(=O)N1. The van der Waals surface area contributed by atoms with Gasteiger partial charge >= 0.3 is 6.03 Å². The third-order valence-electron chi connectivity index (χ3n) is 2.26. The number of carbonyl (C=O) groups excluding carboxylic acids is 1. The molecule has 1 fully saturated rings. The van der Waals surface area contributed by atoms with Gasteiger partial charge in [0.1, 0.15) is 0 Å². The van der Waals surface area contributed by atoms with E-state index in [9.17, 15) is 4.79 Å². The molecule has 0 aromatic carbocycles. The van der Waals surface area contributed by atoms with Gasteiger partial charge in [0.15, 0.2) is 0 Å². The molecule has 2 amide bonds. The van der Waals surface area contributed by atoms with Crippen molar-refractivity contribution in [2.75, 3.05) is 18.1 Å². The van der Waals surface area contributed by atoms with Crippen LogP contribution in [0.2, 0.25) is 0 Å². The van der Waals surface area contributed by atoms with Gasteiger partial charge in [-0.1, -0.05) is 20.3 Å². The lowest BCUT2D eigenvalue weighted by atomic mass is 10.2. The van der Waals surface area contributed by atoms with E-state index in [-0.39, 0.29) is 6.03 Å². The minimum Gasteiger partial charge on any atom is -0.336 e. The average molecular weight is 202 g/mol. The highest BCUT2D eigenvalue weighted by Crippen LogP contribution is 2.12. The van der Waals surface area contributed by atoms with E-state index in [1.165, 1.54) is 12.2 Å². The first-order chi connectivity index (χ1) is 6.22. The molecule has 4 heteroatoms. The summed E-state index contributed by atoms with van der Waals surface area (Å²) in [5.74, 6) is 3.02. The fourth-order valence-electron chi connectivity index (χ4n) is 1.13. The van der Waals surface area contributed by atoms with Crippen molar-refractivity contribution < 1.29 is 4.79 Å². The van der Waals surface area contributed by atoms with Gasteiger partial charge in [-0.3, -0.25) is 0 Å². The van der Waals surface area contributed by atoms with Crippen LogP contribution in [0, 0.1) is 5.92 Å². The molecule has 2 atom stereocenters. The molecule has 0 aromatic rings. The molecule has 0 spiro atoms. The lowest BCUT2D eigenvalue weighted by Crippen LogP contribution is -2.28. The first kappa shape index (κ1) is 10.7. The van der Waals surface area contributed by atoms with Crippen molar-refractivity contribution in [3.63, 3.8) is 0 Å². The zero-order chi connectivity index (χ0) is 9.68. The Morgan fingerprint density at radius 1 is 1.69 bits per heavy atom. The van der Waals surface area contributed by atoms with E-state index in [0.29, 0.717) is 6.04 Å². The Hall–Kier alpha value is -0.380. The van der Waals surface area contributed by atoms with Gasteiger partial charge in [0.05, 0.1) is 6.04 Å². The third-order valence-corrected chi connectivity index (χ3v) is 3.71. The van der Waals surface area contributed by atoms with Gasteiger partial charge in [0, 0.05) is 12.3 Å². The monoisotopic (exact) mass is 202 g/mol. The topological polar surface area (TPSA) is 41.1 Å². The largest absolute Gasteiger partial charge is 0.336 e. The van der Waals surface area contributed by atoms with E-state index in [2.05, 4.69) is 24.5 Å². The van der Waals surface area contributed by atoms with Gasteiger partial charge in [0.25, 0.3) is 0 Å². The molecule has 1 aliphatic rings. The van der Waals surface area contributed by atoms with Crippen LogP contribution in [0.15, 0.2) is 0 Å². The zero-order valence-corrected chi connectivity index (χ0v) is 9.12. The summed E-state index contributed by atoms with van der Waals surface area (Å²) in [5, 5.41) is 5.63. The fourth-order valence-corrected chi connectivity index (χ4v) is 2.39. The van der Waals surface area contributed by atoms with Crippen molar-refractivity contribution in [2.45, 2.75) is 26.3 Å². The van der Waals surface area contributed by atoms with Crippen LogP contribution < -0.4 is 10.6 Å². The highest BCUT2D eigenvalue weighted by Gasteiger charge is 2.19. The predicted molar refractivity (Wildman–Crippen MR) is 57.1 cm³/mol. The number of hydrogen-bond acceptors (Lipinski definition) is 2. The first-order valence-electron chi connectivity index (χ1n) is 4.84. The summed E-state index contributed by atoms with van der Waals surface area (Å²) in [6.07, 6.45) is 1.24. The molecule has 1 aliphatic heterocycles. The smallest absolute Gasteiger partial charge is 0.315 e. The molecular formula is C9H18N2OS. The maximum atomic E-state index is 10.8. The summed E-state index contributed by atoms with van der Waals surface area (Å²) >= 11 is 1.93. The van der Waals surface area contributed by atoms with E-state index in [1.54, 1.807) is 0 Å². The van der Waals surface area contributed by atoms with Crippen molar-refractivity contribution in [3.05, 3.63) is 0 Å². The highest BCUT2D eigenvalue weighted by molar-refractivity contribution is 7.99. The van der Waals surface area contributed by atoms with Crippen LogP contribution in [-0.4, -0.2) is 30.1 Å². The number of hydrogen-bond donors (Lipinski definition) is 2. The lowest BCUT2D eigenvalue weighted by Gasteiger charge is -2.10. The van der Waals surface area contributed by atoms with Gasteiger partial charge in [-0.05, 0) is 11.7 Å². The van der Waals surface area contributed by atoms with E-state index in [4.69, 9.17) is 0 Å². The van der Waals surface area contributed by atoms with Gasteiger partial charge in [-0.25, -0.2) is 4.79 Å². The van der Waals surface area contributed by atoms with Crippen LogP contribution in [0.3, 0.4) is 0 Å². The van der Waals surface area contributed by atoms with E-state index >= 15 is 0 Å². The maximum absolute atomic E-state index is 10.8. The Bertz CT molecular complexity index is 175. The molecule has 0 radical (unpaired) electrons. The summed E-state index contributed by atoms with van der Waals surface area (Å²) in [6.45, 7) is 5.26. The molecule has 1 heterocycles. The molecule has 2 N–H and O–H groups in total. The van der Waals surface area contributed by atoms with Crippen molar-refractivity contribution in [2.24, 2.45) is 5.92 Å². The molecule has 0 aliphatic carbocycles. The third kappa shape index (κ3) is 3.89. The predicted octanol–water partition coefficient (Wildman–Crippen LogP) is 1.45. The van der Waals surface area contributed by atoms with E-state index in [0.717, 1.165) is 18.2 Å². The number of rotatable bonds is 5. The molecule has 1 rings (SSSR count). The van der Waals surface area contributed by atoms with Gasteiger partial charge in [0.2, 0.25) is 0 Å². The zero-order valence-electron chi connectivity index (χ0n) is 8.30. The quantitative estimate of drug-likeness (QED) is 0.708. The highest BCUT2D eigenvalue weighted by atomic mass is 32.2. The molecule has 2 unspecified atom stereocenters. The van der Waals surface area contributed by atoms with Gasteiger partial charge in [-0.15, -0.1) is 0 Å². The normalized spacial score (nSPS) is 23.8. The van der Waals surface area contributed by atoms with E-state index in [1.807, 2.05) is 11.8 Å². The number of carbonyl (C=O) groups is 1. The second-order valence-corrected chi connectivity index (χ2v) is 4.68. The molecule has 13 heavy (non-hydrogen) atoms. The number of amides is 2. The second kappa shape index (κ2) is 5.37. The summed E-state index contributed by atoms with van der Waals surface area (Å²) < 4.78 is 0. The van der Waals surface area contributed by atoms with Crippen LogP contribution >= 0.6 is 11.8 Å². The molecule has 3 nitrogen and oxygen atoms in total. The Kier molecular flexibility index (Phi) is 4.42. The summed E-state index contributed by atoms with van der Waals surface area (Å²) in [4.78, 5) is 10.8. The van der Waals surface area contributed by atoms with Crippen molar-refractivity contribution in [1.29, 1.82) is 0 Å². The van der Waals surface area contributed by atoms with Crippen molar-refractivity contribution in [1.82, 2.24) is 10.6 Å². The van der Waals surface area contributed by atoms with Crippen LogP contribution in [0.1, 0.15) is 20.3 Å². The Labute approximate surface area is 84.0 Å². The maximum Gasteiger partial charge on any atom is 0.315 e. The molecule has 0 bridgehead atoms. The number of urea groups is 1. The Morgan fingerprint density at radius 3 is 3.00 bits per heavy atom. The Balaban J connectivity index is 2.03. The molecule has 0 aromatic heterocycles. The van der Waals surface area contributed by atoms with Crippen LogP contribution in [-0.2, 0) is 0 Å². The van der Waals surface area contributed by atoms with Crippen LogP contribution in [0.5, 0.6) is 0 Å². The summed E-state index contributed by atoms with van der Waals surface area (Å²) in [5.41, 5.74) is 0. The molecule has 0 saturated carbocycles. The van der Waals surface area contributed by atoms with Crippen molar-refractivity contribution in [3.8, 4) is 0 Å². The fraction of sp³-hybridized carbons (Fsp3) is 0.889. The summed E-state index contributed by atoms with van der Waals surface area (Å²) in [6, 6.07) is 0.315. The summed E-state index contributed by atoms with van der Waals surface area (Å²) in [7, 11) is 0. The first-order valence-corrected chi connectivity index (χ1v) is 6.00. The standard InChI is InChI=1S/C9H18N2OS/c1-3-7(2)5-13-6-8-4-10-9(12)11-8/h7-8H,3-6H2,1-2H3,(H2,10,11,12). The molecular weight excluding hydrogens is 184 g/mol. The van der Waals surface area contributed by atoms with Crippen LogP contribution in [0.25, 0.3) is 0 Å². The van der Waals surface area contributed by atoms with Gasteiger partial charge < -0.3 is 10.6 Å². The van der Waals surface area contributed by atoms with Crippen LogP contribution in [0.4, 0.5) is 4.79 Å².